The molecule has 2 atom stereocenters. The van der Waals surface area contributed by atoms with Crippen LogP contribution in [-0.4, -0.2) is 72.0 Å². The third-order valence-electron chi connectivity index (χ3n) is 9.34. The Balaban J connectivity index is 1.46. The van der Waals surface area contributed by atoms with Gasteiger partial charge in [-0.1, -0.05) is 44.7 Å². The van der Waals surface area contributed by atoms with E-state index in [1.54, 1.807) is 31.3 Å². The number of ketones is 1. The van der Waals surface area contributed by atoms with Gasteiger partial charge in [0.05, 0.1) is 17.6 Å². The van der Waals surface area contributed by atoms with Crippen LogP contribution in [0.5, 0.6) is 5.75 Å². The largest absolute Gasteiger partial charge is 0.507 e. The fourth-order valence-corrected chi connectivity index (χ4v) is 7.73. The number of sulfonamides is 1. The summed E-state index contributed by atoms with van der Waals surface area (Å²) in [5.41, 5.74) is 5.12. The number of hydrogen-bond donors (Lipinski definition) is 4. The summed E-state index contributed by atoms with van der Waals surface area (Å²) in [5.74, 6) is -2.21. The van der Waals surface area contributed by atoms with E-state index in [2.05, 4.69) is 9.71 Å². The Morgan fingerprint density at radius 2 is 1.81 bits per heavy atom. The molecule has 17 heteroatoms. The number of nitrogens with one attached hydrogen (secondary N) is 1. The van der Waals surface area contributed by atoms with Crippen LogP contribution < -0.4 is 16.1 Å². The van der Waals surface area contributed by atoms with Gasteiger partial charge in [0.2, 0.25) is 5.91 Å². The molecule has 0 spiro atoms. The molecule has 286 valence electrons. The minimum absolute atomic E-state index is 0.000895. The number of carbonyl (C=O) groups excluding carboxylic acids is 2. The number of aromatic nitrogens is 2. The van der Waals surface area contributed by atoms with Crippen LogP contribution in [0.25, 0.3) is 0 Å². The van der Waals surface area contributed by atoms with Crippen molar-refractivity contribution in [1.29, 1.82) is 0 Å². The second kappa shape index (κ2) is 17.2. The van der Waals surface area contributed by atoms with Crippen molar-refractivity contribution in [2.45, 2.75) is 94.0 Å². The van der Waals surface area contributed by atoms with Gasteiger partial charge in [-0.15, -0.1) is 0 Å². The molecule has 0 aliphatic heterocycles. The first-order chi connectivity index (χ1) is 24.4. The van der Waals surface area contributed by atoms with Crippen molar-refractivity contribution in [3.05, 3.63) is 70.2 Å². The van der Waals surface area contributed by atoms with Crippen LogP contribution >= 0.6 is 0 Å². The first-order valence-electron chi connectivity index (χ1n) is 17.4. The molecule has 1 aliphatic rings. The quantitative estimate of drug-likeness (QED) is 0.0890. The highest BCUT2D eigenvalue weighted by Crippen LogP contribution is 2.48. The molecule has 1 amide bonds. The van der Waals surface area contributed by atoms with E-state index < -0.39 is 43.0 Å². The van der Waals surface area contributed by atoms with Crippen LogP contribution in [0.2, 0.25) is 0 Å². The zero-order valence-corrected chi connectivity index (χ0v) is 31.4. The normalized spacial score (nSPS) is 15.2. The van der Waals surface area contributed by atoms with Crippen molar-refractivity contribution in [1.82, 2.24) is 14.5 Å². The van der Waals surface area contributed by atoms with E-state index in [1.807, 2.05) is 6.92 Å². The minimum Gasteiger partial charge on any atom is -0.507 e. The Morgan fingerprint density at radius 1 is 1.12 bits per heavy atom. The molecule has 2 heterocycles. The topological polar surface area (TPSA) is 232 Å². The lowest BCUT2D eigenvalue weighted by Gasteiger charge is -2.28. The van der Waals surface area contributed by atoms with Gasteiger partial charge in [0, 0.05) is 57.4 Å². The van der Waals surface area contributed by atoms with Gasteiger partial charge in [-0.05, 0) is 55.7 Å². The summed E-state index contributed by atoms with van der Waals surface area (Å²) in [4.78, 5) is 44.7. The number of benzene rings is 1. The van der Waals surface area contributed by atoms with Crippen LogP contribution in [0, 0.1) is 5.92 Å². The van der Waals surface area contributed by atoms with Crippen molar-refractivity contribution in [3.8, 4) is 5.75 Å². The van der Waals surface area contributed by atoms with Crippen molar-refractivity contribution >= 4 is 37.5 Å². The molecule has 2 unspecified atom stereocenters. The molecule has 0 bridgehead atoms. The van der Waals surface area contributed by atoms with Gasteiger partial charge in [0.1, 0.15) is 17.0 Å². The lowest BCUT2D eigenvalue weighted by Crippen LogP contribution is -2.45. The van der Waals surface area contributed by atoms with E-state index in [-0.39, 0.29) is 71.2 Å². The molecule has 0 saturated heterocycles. The number of hydrogen-bond acceptors (Lipinski definition) is 11. The van der Waals surface area contributed by atoms with Gasteiger partial charge in [-0.3, -0.25) is 18.9 Å². The van der Waals surface area contributed by atoms with Gasteiger partial charge in [0.25, 0.3) is 20.1 Å². The number of anilines is 1. The highest BCUT2D eigenvalue weighted by atomic mass is 32.2. The Kier molecular flexibility index (Phi) is 13.4. The Labute approximate surface area is 304 Å². The number of imidazole rings is 1. The van der Waals surface area contributed by atoms with Gasteiger partial charge in [0.15, 0.2) is 10.8 Å². The molecule has 2 aromatic heterocycles. The monoisotopic (exact) mass is 763 g/mol. The third-order valence-corrected chi connectivity index (χ3v) is 11.3. The van der Waals surface area contributed by atoms with Crippen molar-refractivity contribution < 1.29 is 40.5 Å². The van der Waals surface area contributed by atoms with Crippen molar-refractivity contribution in [2.24, 2.45) is 18.7 Å². The molecule has 15 nitrogen and oxygen atoms in total. The van der Waals surface area contributed by atoms with Gasteiger partial charge in [-0.2, -0.15) is 16.8 Å². The number of nitrogens with two attached hydrogens (primary N) is 1. The molecule has 1 fully saturated rings. The number of nitrogens with zero attached hydrogens (tertiary/aromatic N) is 3. The number of aryl methyl sites for hydroxylation is 1. The number of unbranched alkanes of at least 4 members (excludes halogenated alkanes) is 4. The molecular formula is C35H49N5O10S2. The van der Waals surface area contributed by atoms with E-state index >= 15 is 0 Å². The maximum Gasteiger partial charge on any atom is 0.343 e. The molecule has 52 heavy (non-hydrogen) atoms. The summed E-state index contributed by atoms with van der Waals surface area (Å²) < 4.78 is 66.4. The third kappa shape index (κ3) is 10.7. The Bertz CT molecular complexity index is 2010. The van der Waals surface area contributed by atoms with Gasteiger partial charge < -0.3 is 24.7 Å². The summed E-state index contributed by atoms with van der Waals surface area (Å²) in [6.07, 6.45) is 8.31. The smallest absolute Gasteiger partial charge is 0.343 e. The Morgan fingerprint density at radius 3 is 2.40 bits per heavy atom. The molecule has 1 saturated carbocycles. The molecule has 0 radical (unpaired) electrons. The lowest BCUT2D eigenvalue weighted by molar-refractivity contribution is -0.130. The molecule has 4 rings (SSSR count). The zero-order valence-electron chi connectivity index (χ0n) is 29.8. The van der Waals surface area contributed by atoms with E-state index in [0.717, 1.165) is 19.3 Å². The minimum atomic E-state index is -4.16. The van der Waals surface area contributed by atoms with E-state index in [0.29, 0.717) is 37.7 Å². The second-order valence-electron chi connectivity index (χ2n) is 13.6. The lowest BCUT2D eigenvalue weighted by atomic mass is 9.82. The highest BCUT2D eigenvalue weighted by molar-refractivity contribution is 7.92. The summed E-state index contributed by atoms with van der Waals surface area (Å²) in [5, 5.41) is 11.2. The van der Waals surface area contributed by atoms with Crippen LogP contribution in [0.15, 0.2) is 57.1 Å². The zero-order chi connectivity index (χ0) is 38.3. The van der Waals surface area contributed by atoms with E-state index in [9.17, 15) is 36.3 Å². The summed E-state index contributed by atoms with van der Waals surface area (Å²) >= 11 is 0. The van der Waals surface area contributed by atoms with E-state index in [4.69, 9.17) is 14.7 Å². The van der Waals surface area contributed by atoms with Crippen LogP contribution in [0.1, 0.15) is 100 Å². The summed E-state index contributed by atoms with van der Waals surface area (Å²) in [6.45, 7) is 1.83. The fraction of sp³-hybridized carbons (Fsp3) is 0.543. The summed E-state index contributed by atoms with van der Waals surface area (Å²) in [7, 11) is -5.02. The maximum absolute atomic E-state index is 13.7. The maximum atomic E-state index is 13.7. The predicted octanol–water partition coefficient (Wildman–Crippen LogP) is 4.02. The van der Waals surface area contributed by atoms with Crippen LogP contribution in [0.4, 0.5) is 5.69 Å². The predicted molar refractivity (Wildman–Crippen MR) is 194 cm³/mol. The Hall–Kier alpha value is -4.06. The summed E-state index contributed by atoms with van der Waals surface area (Å²) in [6, 6.07) is 7.87. The average Bonchev–Trinajstić information content (AvgIpc) is 3.81. The van der Waals surface area contributed by atoms with E-state index in [1.165, 1.54) is 35.1 Å². The number of rotatable bonds is 21. The first kappa shape index (κ1) is 40.7. The molecular weight excluding hydrogens is 715 g/mol. The van der Waals surface area contributed by atoms with Crippen LogP contribution in [0.3, 0.4) is 0 Å². The van der Waals surface area contributed by atoms with Crippen LogP contribution in [-0.2, 0) is 42.3 Å². The molecule has 5 N–H and O–H groups in total. The van der Waals surface area contributed by atoms with Gasteiger partial charge >= 0.3 is 5.63 Å². The number of carbonyl (C=O) groups is 2. The van der Waals surface area contributed by atoms with Crippen molar-refractivity contribution in [3.63, 3.8) is 0 Å². The molecule has 1 aliphatic carbocycles. The number of Topliss-reactive ketones (excluding diaryl/α,β-unsaturated/α-hetero) is 1. The first-order valence-corrected chi connectivity index (χ1v) is 20.5. The average molecular weight is 764 g/mol. The number of aromatic hydroxyl groups is 1. The highest BCUT2D eigenvalue weighted by Gasteiger charge is 2.41. The standard InChI is InChI=1S/C35H49N5O10S2/c1-4-5-17-35(36,28(42)13-8-6-7-9-14-31(43)40(3)18-19-51(45,46)47)29-21-27(41)33(34(44)50-29)32(24-15-16-24)25-11-10-12-26(20-25)38-52(48,49)30-22-39(2)23-37-30/h10-12,20-24,32,38,41H,4-9,13-19,36H2,1-3H3,(H,45,46,47). The number of amides is 1. The molecule has 1 aromatic carbocycles. The fourth-order valence-electron chi connectivity index (χ4n) is 6.19. The van der Waals surface area contributed by atoms with Crippen molar-refractivity contribution in [2.75, 3.05) is 24.1 Å². The molecule has 3 aromatic rings. The van der Waals surface area contributed by atoms with Gasteiger partial charge in [-0.25, -0.2) is 9.78 Å². The second-order valence-corrected chi connectivity index (χ2v) is 16.8. The SMILES string of the molecule is CCCCC(N)(C(=O)CCCCCCC(=O)N(C)CCS(=O)(=O)O)c1cc(O)c(C(c2cccc(NS(=O)(=O)c3cn(C)cn3)c2)C2CC2)c(=O)o1.